The second kappa shape index (κ2) is 7.95. The summed E-state index contributed by atoms with van der Waals surface area (Å²) in [6, 6.07) is 4.31. The minimum Gasteiger partial charge on any atom is -0.383 e. The summed E-state index contributed by atoms with van der Waals surface area (Å²) in [7, 11) is 1.47. The SMILES string of the molecule is CCc1ccc(NC(=O)C(=O)NCCOC)cc1[N+](=O)[O-]. The average molecular weight is 295 g/mol. The van der Waals surface area contributed by atoms with E-state index in [9.17, 15) is 19.7 Å². The largest absolute Gasteiger partial charge is 0.383 e. The Balaban J connectivity index is 2.74. The van der Waals surface area contributed by atoms with Crippen LogP contribution in [0.5, 0.6) is 0 Å². The van der Waals surface area contributed by atoms with E-state index in [-0.39, 0.29) is 24.5 Å². The van der Waals surface area contributed by atoms with E-state index in [1.807, 2.05) is 0 Å². The molecule has 8 nitrogen and oxygen atoms in total. The first-order valence-corrected chi connectivity index (χ1v) is 6.35. The van der Waals surface area contributed by atoms with Gasteiger partial charge in [0.15, 0.2) is 0 Å². The zero-order valence-corrected chi connectivity index (χ0v) is 11.8. The highest BCUT2D eigenvalue weighted by Gasteiger charge is 2.17. The smallest absolute Gasteiger partial charge is 0.313 e. The van der Waals surface area contributed by atoms with Crippen LogP contribution in [0, 0.1) is 10.1 Å². The number of anilines is 1. The number of aryl methyl sites for hydroxylation is 1. The van der Waals surface area contributed by atoms with Crippen LogP contribution < -0.4 is 10.6 Å². The lowest BCUT2D eigenvalue weighted by molar-refractivity contribution is -0.385. The number of amides is 2. The number of ether oxygens (including phenoxy) is 1. The maximum Gasteiger partial charge on any atom is 0.313 e. The zero-order chi connectivity index (χ0) is 15.8. The van der Waals surface area contributed by atoms with E-state index in [2.05, 4.69) is 10.6 Å². The molecule has 0 saturated heterocycles. The molecule has 0 unspecified atom stereocenters. The average Bonchev–Trinajstić information content (AvgIpc) is 2.47. The van der Waals surface area contributed by atoms with Crippen LogP contribution in [-0.4, -0.2) is 37.0 Å². The number of nitro benzene ring substituents is 1. The summed E-state index contributed by atoms with van der Waals surface area (Å²) in [4.78, 5) is 33.5. The Morgan fingerprint density at radius 2 is 2.05 bits per heavy atom. The number of benzene rings is 1. The normalized spacial score (nSPS) is 10.0. The number of rotatable bonds is 6. The van der Waals surface area contributed by atoms with Gasteiger partial charge in [-0.3, -0.25) is 19.7 Å². The van der Waals surface area contributed by atoms with Gasteiger partial charge < -0.3 is 15.4 Å². The van der Waals surface area contributed by atoms with Crippen LogP contribution in [0.3, 0.4) is 0 Å². The molecule has 21 heavy (non-hydrogen) atoms. The molecule has 0 fully saturated rings. The van der Waals surface area contributed by atoms with E-state index in [1.165, 1.54) is 19.2 Å². The predicted molar refractivity (Wildman–Crippen MR) is 76.0 cm³/mol. The van der Waals surface area contributed by atoms with Crippen molar-refractivity contribution in [3.8, 4) is 0 Å². The van der Waals surface area contributed by atoms with Crippen LogP contribution in [0.2, 0.25) is 0 Å². The van der Waals surface area contributed by atoms with Gasteiger partial charge in [0.05, 0.1) is 11.5 Å². The Bertz CT molecular complexity index is 545. The third-order valence-electron chi connectivity index (χ3n) is 2.72. The number of methoxy groups -OCH3 is 1. The lowest BCUT2D eigenvalue weighted by atomic mass is 10.1. The summed E-state index contributed by atoms with van der Waals surface area (Å²) >= 11 is 0. The Morgan fingerprint density at radius 1 is 1.33 bits per heavy atom. The van der Waals surface area contributed by atoms with Gasteiger partial charge in [-0.05, 0) is 12.5 Å². The fraction of sp³-hybridized carbons (Fsp3) is 0.385. The first-order chi connectivity index (χ1) is 9.99. The molecule has 1 aromatic rings. The summed E-state index contributed by atoms with van der Waals surface area (Å²) in [6.45, 7) is 2.29. The second-order valence-corrected chi connectivity index (χ2v) is 4.16. The molecule has 114 valence electrons. The van der Waals surface area contributed by atoms with Crippen molar-refractivity contribution in [2.45, 2.75) is 13.3 Å². The van der Waals surface area contributed by atoms with Gasteiger partial charge in [-0.25, -0.2) is 0 Å². The zero-order valence-electron chi connectivity index (χ0n) is 11.8. The highest BCUT2D eigenvalue weighted by atomic mass is 16.6. The lowest BCUT2D eigenvalue weighted by Gasteiger charge is -2.07. The minimum atomic E-state index is -0.885. The molecule has 1 aromatic carbocycles. The van der Waals surface area contributed by atoms with E-state index in [4.69, 9.17) is 4.74 Å². The van der Waals surface area contributed by atoms with Gasteiger partial charge in [-0.15, -0.1) is 0 Å². The highest BCUT2D eigenvalue weighted by molar-refractivity contribution is 6.39. The van der Waals surface area contributed by atoms with E-state index >= 15 is 0 Å². The summed E-state index contributed by atoms with van der Waals surface area (Å²) in [5.74, 6) is -1.71. The number of hydrogen-bond donors (Lipinski definition) is 2. The number of hydrogen-bond acceptors (Lipinski definition) is 5. The summed E-state index contributed by atoms with van der Waals surface area (Å²) in [5.41, 5.74) is 0.670. The van der Waals surface area contributed by atoms with E-state index in [1.54, 1.807) is 13.0 Å². The van der Waals surface area contributed by atoms with Crippen molar-refractivity contribution in [3.05, 3.63) is 33.9 Å². The van der Waals surface area contributed by atoms with Crippen LogP contribution >= 0.6 is 0 Å². The summed E-state index contributed by atoms with van der Waals surface area (Å²) in [6.07, 6.45) is 0.502. The molecule has 2 amide bonds. The van der Waals surface area contributed by atoms with Crippen molar-refractivity contribution < 1.29 is 19.2 Å². The quantitative estimate of drug-likeness (QED) is 0.350. The molecule has 0 saturated carbocycles. The van der Waals surface area contributed by atoms with Crippen molar-refractivity contribution >= 4 is 23.2 Å². The number of carbonyl (C=O) groups excluding carboxylic acids is 2. The highest BCUT2D eigenvalue weighted by Crippen LogP contribution is 2.23. The van der Waals surface area contributed by atoms with Crippen molar-refractivity contribution in [2.75, 3.05) is 25.6 Å². The molecule has 0 heterocycles. The molecule has 0 aliphatic heterocycles. The Morgan fingerprint density at radius 3 is 2.62 bits per heavy atom. The van der Waals surface area contributed by atoms with Gasteiger partial charge in [0.25, 0.3) is 5.69 Å². The van der Waals surface area contributed by atoms with Gasteiger partial charge in [0.1, 0.15) is 0 Å². The summed E-state index contributed by atoms with van der Waals surface area (Å²) < 4.78 is 4.74. The van der Waals surface area contributed by atoms with Crippen molar-refractivity contribution in [2.24, 2.45) is 0 Å². The number of nitrogens with one attached hydrogen (secondary N) is 2. The molecule has 1 rings (SSSR count). The standard InChI is InChI=1S/C13H17N3O5/c1-3-9-4-5-10(8-11(9)16(19)20)15-13(18)12(17)14-6-7-21-2/h4-5,8H,3,6-7H2,1-2H3,(H,14,17)(H,15,18). The topological polar surface area (TPSA) is 111 Å². The van der Waals surface area contributed by atoms with E-state index in [0.29, 0.717) is 12.0 Å². The Kier molecular flexibility index (Phi) is 6.28. The number of nitrogens with zero attached hydrogens (tertiary/aromatic N) is 1. The molecule has 0 radical (unpaired) electrons. The van der Waals surface area contributed by atoms with Crippen molar-refractivity contribution in [1.29, 1.82) is 0 Å². The van der Waals surface area contributed by atoms with Crippen LogP contribution in [0.1, 0.15) is 12.5 Å². The van der Waals surface area contributed by atoms with Crippen molar-refractivity contribution in [3.63, 3.8) is 0 Å². The lowest BCUT2D eigenvalue weighted by Crippen LogP contribution is -2.37. The van der Waals surface area contributed by atoms with Gasteiger partial charge in [0, 0.05) is 31.0 Å². The second-order valence-electron chi connectivity index (χ2n) is 4.16. The van der Waals surface area contributed by atoms with Crippen molar-refractivity contribution in [1.82, 2.24) is 5.32 Å². The maximum absolute atomic E-state index is 11.6. The third kappa shape index (κ3) is 4.84. The Labute approximate surface area is 121 Å². The monoisotopic (exact) mass is 295 g/mol. The van der Waals surface area contributed by atoms with Gasteiger partial charge in [-0.1, -0.05) is 13.0 Å². The maximum atomic E-state index is 11.6. The molecule has 0 bridgehead atoms. The van der Waals surface area contributed by atoms with E-state index < -0.39 is 16.7 Å². The fourth-order valence-corrected chi connectivity index (χ4v) is 1.65. The van der Waals surface area contributed by atoms with Gasteiger partial charge >= 0.3 is 11.8 Å². The molecular formula is C13H17N3O5. The minimum absolute atomic E-state index is 0.0879. The van der Waals surface area contributed by atoms with E-state index in [0.717, 1.165) is 0 Å². The molecule has 0 aliphatic rings. The third-order valence-corrected chi connectivity index (χ3v) is 2.72. The van der Waals surface area contributed by atoms with Crippen LogP contribution in [0.25, 0.3) is 0 Å². The molecule has 2 N–H and O–H groups in total. The molecular weight excluding hydrogens is 278 g/mol. The molecule has 0 aromatic heterocycles. The van der Waals surface area contributed by atoms with Gasteiger partial charge in [-0.2, -0.15) is 0 Å². The molecule has 8 heteroatoms. The Hall–Kier alpha value is -2.48. The first kappa shape index (κ1) is 16.6. The molecule has 0 atom stereocenters. The van der Waals surface area contributed by atoms with Crippen LogP contribution in [-0.2, 0) is 20.7 Å². The van der Waals surface area contributed by atoms with Gasteiger partial charge in [0.2, 0.25) is 0 Å². The number of nitro groups is 1. The fourth-order valence-electron chi connectivity index (χ4n) is 1.65. The molecule has 0 spiro atoms. The predicted octanol–water partition coefficient (Wildman–Crippen LogP) is 0.858. The molecule has 0 aliphatic carbocycles. The van der Waals surface area contributed by atoms with Crippen LogP contribution in [0.4, 0.5) is 11.4 Å². The number of carbonyl (C=O) groups is 2. The summed E-state index contributed by atoms with van der Waals surface area (Å²) in [5, 5.41) is 15.6. The first-order valence-electron chi connectivity index (χ1n) is 6.35. The van der Waals surface area contributed by atoms with Crippen LogP contribution in [0.15, 0.2) is 18.2 Å².